The Morgan fingerprint density at radius 1 is 1.16 bits per heavy atom. The van der Waals surface area contributed by atoms with E-state index in [2.05, 4.69) is 20.7 Å². The predicted octanol–water partition coefficient (Wildman–Crippen LogP) is 3.44. The number of rotatable bonds is 6. The van der Waals surface area contributed by atoms with Crippen molar-refractivity contribution in [3.63, 3.8) is 0 Å². The molecule has 0 aromatic heterocycles. The number of benzene rings is 2. The summed E-state index contributed by atoms with van der Waals surface area (Å²) in [5.41, 5.74) is 0.791. The fourth-order valence-corrected chi connectivity index (χ4v) is 5.06. The molecular formula is C17H17BrFNO4S. The molecule has 0 amide bonds. The second-order valence-electron chi connectivity index (χ2n) is 5.76. The lowest BCUT2D eigenvalue weighted by atomic mass is 10.1. The van der Waals surface area contributed by atoms with Crippen molar-refractivity contribution in [3.05, 3.63) is 52.3 Å². The van der Waals surface area contributed by atoms with Crippen LogP contribution in [-0.2, 0) is 10.0 Å². The first-order valence-corrected chi connectivity index (χ1v) is 9.82. The number of sulfonamides is 1. The van der Waals surface area contributed by atoms with Gasteiger partial charge in [-0.15, -0.1) is 0 Å². The third-order valence-electron chi connectivity index (χ3n) is 4.10. The van der Waals surface area contributed by atoms with E-state index in [9.17, 15) is 12.8 Å². The van der Waals surface area contributed by atoms with Gasteiger partial charge in [0.05, 0.1) is 14.2 Å². The first-order valence-electron chi connectivity index (χ1n) is 7.55. The molecule has 1 aliphatic carbocycles. The highest BCUT2D eigenvalue weighted by atomic mass is 79.9. The van der Waals surface area contributed by atoms with Crippen LogP contribution < -0.4 is 14.2 Å². The largest absolute Gasteiger partial charge is 0.493 e. The van der Waals surface area contributed by atoms with Crippen LogP contribution in [0.15, 0.2) is 45.8 Å². The number of hydrogen-bond acceptors (Lipinski definition) is 4. The summed E-state index contributed by atoms with van der Waals surface area (Å²) in [5.74, 6) is 0.402. The number of ether oxygens (including phenoxy) is 2. The molecule has 2 aromatic rings. The molecule has 3 rings (SSSR count). The monoisotopic (exact) mass is 429 g/mol. The van der Waals surface area contributed by atoms with E-state index >= 15 is 0 Å². The number of methoxy groups -OCH3 is 2. The third-order valence-corrected chi connectivity index (χ3v) is 6.55. The van der Waals surface area contributed by atoms with Gasteiger partial charge in [-0.05, 0) is 46.1 Å². The Morgan fingerprint density at radius 3 is 2.48 bits per heavy atom. The van der Waals surface area contributed by atoms with Crippen molar-refractivity contribution in [2.75, 3.05) is 14.2 Å². The molecule has 8 heteroatoms. The zero-order chi connectivity index (χ0) is 18.2. The van der Waals surface area contributed by atoms with Gasteiger partial charge in [-0.2, -0.15) is 0 Å². The van der Waals surface area contributed by atoms with Crippen molar-refractivity contribution in [1.29, 1.82) is 0 Å². The molecule has 0 heterocycles. The second kappa shape index (κ2) is 6.93. The molecule has 1 saturated carbocycles. The molecular weight excluding hydrogens is 413 g/mol. The van der Waals surface area contributed by atoms with Crippen LogP contribution in [0.3, 0.4) is 0 Å². The van der Waals surface area contributed by atoms with Gasteiger partial charge >= 0.3 is 0 Å². The van der Waals surface area contributed by atoms with Gasteiger partial charge in [0.15, 0.2) is 11.5 Å². The van der Waals surface area contributed by atoms with Crippen LogP contribution in [0.1, 0.15) is 17.9 Å². The van der Waals surface area contributed by atoms with Gasteiger partial charge < -0.3 is 9.47 Å². The quantitative estimate of drug-likeness (QED) is 0.763. The summed E-state index contributed by atoms with van der Waals surface area (Å²) in [6.45, 7) is 0. The summed E-state index contributed by atoms with van der Waals surface area (Å²) in [6.07, 6.45) is 0.633. The molecule has 2 aromatic carbocycles. The van der Waals surface area contributed by atoms with E-state index in [-0.39, 0.29) is 22.7 Å². The summed E-state index contributed by atoms with van der Waals surface area (Å²) in [5, 5.41) is 0. The molecule has 1 fully saturated rings. The van der Waals surface area contributed by atoms with Crippen molar-refractivity contribution in [2.24, 2.45) is 0 Å². The number of hydrogen-bond donors (Lipinski definition) is 1. The van der Waals surface area contributed by atoms with Crippen molar-refractivity contribution in [1.82, 2.24) is 4.72 Å². The van der Waals surface area contributed by atoms with Crippen molar-refractivity contribution in [3.8, 4) is 11.5 Å². The highest BCUT2D eigenvalue weighted by Gasteiger charge is 2.42. The first kappa shape index (κ1) is 18.2. The van der Waals surface area contributed by atoms with Crippen LogP contribution >= 0.6 is 15.9 Å². The molecule has 5 nitrogen and oxygen atoms in total. The summed E-state index contributed by atoms with van der Waals surface area (Å²) >= 11 is 3.26. The normalized spacial score (nSPS) is 19.5. The maximum absolute atomic E-state index is 13.3. The maximum atomic E-state index is 13.3. The second-order valence-corrected chi connectivity index (χ2v) is 8.30. The summed E-state index contributed by atoms with van der Waals surface area (Å²) in [4.78, 5) is 0.0649. The van der Waals surface area contributed by atoms with Crippen molar-refractivity contribution < 1.29 is 22.3 Å². The van der Waals surface area contributed by atoms with Gasteiger partial charge in [-0.1, -0.05) is 12.1 Å². The Hall–Kier alpha value is -1.64. The lowest BCUT2D eigenvalue weighted by molar-refractivity contribution is 0.353. The molecule has 1 N–H and O–H groups in total. The maximum Gasteiger partial charge on any atom is 0.242 e. The van der Waals surface area contributed by atoms with E-state index < -0.39 is 10.0 Å². The minimum atomic E-state index is -3.76. The Bertz CT molecular complexity index is 904. The van der Waals surface area contributed by atoms with E-state index in [1.165, 1.54) is 32.4 Å². The van der Waals surface area contributed by atoms with Gasteiger partial charge in [-0.3, -0.25) is 0 Å². The van der Waals surface area contributed by atoms with Crippen molar-refractivity contribution >= 4 is 26.0 Å². The molecule has 1 aliphatic rings. The molecule has 0 spiro atoms. The highest BCUT2D eigenvalue weighted by Crippen LogP contribution is 2.42. The van der Waals surface area contributed by atoms with Gasteiger partial charge in [-0.25, -0.2) is 17.5 Å². The molecule has 25 heavy (non-hydrogen) atoms. The first-order chi connectivity index (χ1) is 11.9. The topological polar surface area (TPSA) is 64.6 Å². The molecule has 0 bridgehead atoms. The van der Waals surface area contributed by atoms with Crippen LogP contribution in [0.4, 0.5) is 4.39 Å². The molecule has 0 unspecified atom stereocenters. The minimum absolute atomic E-state index is 0.0237. The molecule has 134 valence electrons. The van der Waals surface area contributed by atoms with Crippen LogP contribution in [-0.4, -0.2) is 28.7 Å². The van der Waals surface area contributed by atoms with Crippen LogP contribution in [0, 0.1) is 5.82 Å². The minimum Gasteiger partial charge on any atom is -0.493 e. The van der Waals surface area contributed by atoms with E-state index in [4.69, 9.17) is 9.47 Å². The molecule has 2 atom stereocenters. The molecule has 0 saturated heterocycles. The van der Waals surface area contributed by atoms with Crippen LogP contribution in [0.2, 0.25) is 0 Å². The van der Waals surface area contributed by atoms with Gasteiger partial charge in [0.1, 0.15) is 10.7 Å². The van der Waals surface area contributed by atoms with Gasteiger partial charge in [0.25, 0.3) is 0 Å². The molecule has 0 radical (unpaired) electrons. The standard InChI is InChI=1S/C17H17BrFNO4S/c1-23-15-8-13(18)17(9-16(15)24-2)25(21,22)20-14-7-12(14)10-4-3-5-11(19)6-10/h3-6,8-9,12,14,20H,7H2,1-2H3/t12-,14-/m1/s1. The molecule has 0 aliphatic heterocycles. The van der Waals surface area contributed by atoms with Gasteiger partial charge in [0.2, 0.25) is 10.0 Å². The lowest BCUT2D eigenvalue weighted by Gasteiger charge is -2.13. The predicted molar refractivity (Wildman–Crippen MR) is 95.1 cm³/mol. The summed E-state index contributed by atoms with van der Waals surface area (Å²) in [6, 6.07) is 8.92. The Morgan fingerprint density at radius 2 is 1.84 bits per heavy atom. The van der Waals surface area contributed by atoms with Gasteiger partial charge in [0, 0.05) is 22.5 Å². The smallest absolute Gasteiger partial charge is 0.242 e. The zero-order valence-corrected chi connectivity index (χ0v) is 16.0. The fraction of sp³-hybridized carbons (Fsp3) is 0.294. The average molecular weight is 430 g/mol. The Balaban J connectivity index is 1.82. The SMILES string of the molecule is COc1cc(Br)c(S(=O)(=O)N[C@@H]2C[C@@H]2c2cccc(F)c2)cc1OC. The van der Waals surface area contributed by atoms with E-state index in [1.54, 1.807) is 18.2 Å². The van der Waals surface area contributed by atoms with E-state index in [1.807, 2.05) is 0 Å². The number of nitrogens with one attached hydrogen (secondary N) is 1. The number of halogens is 2. The Kier molecular flexibility index (Phi) is 5.04. The average Bonchev–Trinajstić information content (AvgIpc) is 3.32. The van der Waals surface area contributed by atoms with Crippen LogP contribution in [0.5, 0.6) is 11.5 Å². The third kappa shape index (κ3) is 3.80. The summed E-state index contributed by atoms with van der Waals surface area (Å²) < 4.78 is 52.1. The zero-order valence-electron chi connectivity index (χ0n) is 13.6. The summed E-state index contributed by atoms with van der Waals surface area (Å²) in [7, 11) is -0.845. The lowest BCUT2D eigenvalue weighted by Crippen LogP contribution is -2.27. The van der Waals surface area contributed by atoms with Crippen LogP contribution in [0.25, 0.3) is 0 Å². The Labute approximate surface area is 154 Å². The fourth-order valence-electron chi connectivity index (χ4n) is 2.74. The van der Waals surface area contributed by atoms with E-state index in [0.717, 1.165) is 5.56 Å². The van der Waals surface area contributed by atoms with Crippen molar-refractivity contribution in [2.45, 2.75) is 23.3 Å². The van der Waals surface area contributed by atoms with E-state index in [0.29, 0.717) is 22.4 Å². The highest BCUT2D eigenvalue weighted by molar-refractivity contribution is 9.10.